The van der Waals surface area contributed by atoms with E-state index in [9.17, 15) is 0 Å². The van der Waals surface area contributed by atoms with Crippen LogP contribution in [0, 0.1) is 0 Å². The average Bonchev–Trinajstić information content (AvgIpc) is 2.49. The number of benzene rings is 1. The molecule has 0 spiro atoms. The van der Waals surface area contributed by atoms with E-state index >= 15 is 0 Å². The summed E-state index contributed by atoms with van der Waals surface area (Å²) in [7, 11) is 5.45. The van der Waals surface area contributed by atoms with Gasteiger partial charge in [0.05, 0.1) is 12.8 Å². The lowest BCUT2D eigenvalue weighted by Gasteiger charge is -2.37. The minimum absolute atomic E-state index is 0. The van der Waals surface area contributed by atoms with Gasteiger partial charge < -0.3 is 19.9 Å². The van der Waals surface area contributed by atoms with Crippen LogP contribution in [0.2, 0.25) is 0 Å². The fourth-order valence-electron chi connectivity index (χ4n) is 2.46. The second-order valence-corrected chi connectivity index (χ2v) is 4.44. The molecule has 1 aliphatic rings. The molecule has 1 aliphatic heterocycles. The van der Waals surface area contributed by atoms with Gasteiger partial charge in [0.25, 0.3) is 0 Å². The Morgan fingerprint density at radius 3 is 2.40 bits per heavy atom. The number of hydrogen-bond donors (Lipinski definition) is 1. The number of halogens is 1. The molecular weight excluding hydrogens is 367 g/mol. The van der Waals surface area contributed by atoms with E-state index in [4.69, 9.17) is 4.74 Å². The van der Waals surface area contributed by atoms with Crippen LogP contribution in [0.3, 0.4) is 0 Å². The fraction of sp³-hybridized carbons (Fsp3) is 0.500. The van der Waals surface area contributed by atoms with Crippen molar-refractivity contribution >= 4 is 35.6 Å². The van der Waals surface area contributed by atoms with Crippen molar-refractivity contribution in [1.82, 2.24) is 10.2 Å². The average molecular weight is 390 g/mol. The summed E-state index contributed by atoms with van der Waals surface area (Å²) in [5, 5.41) is 3.13. The van der Waals surface area contributed by atoms with Crippen molar-refractivity contribution in [1.29, 1.82) is 0 Å². The molecule has 1 aromatic rings. The second kappa shape index (κ2) is 8.18. The van der Waals surface area contributed by atoms with Gasteiger partial charge in [0.1, 0.15) is 5.75 Å². The maximum atomic E-state index is 5.42. The van der Waals surface area contributed by atoms with Crippen LogP contribution in [0.4, 0.5) is 5.69 Å². The Balaban J connectivity index is 0.00000200. The number of rotatable bonds is 2. The molecule has 112 valence electrons. The third-order valence-corrected chi connectivity index (χ3v) is 3.44. The minimum atomic E-state index is 0. The largest absolute Gasteiger partial charge is 0.495 e. The van der Waals surface area contributed by atoms with Crippen LogP contribution in [0.25, 0.3) is 0 Å². The molecule has 0 bridgehead atoms. The summed E-state index contributed by atoms with van der Waals surface area (Å²) in [6.07, 6.45) is 0. The first-order valence-corrected chi connectivity index (χ1v) is 6.57. The molecule has 1 N–H and O–H groups in total. The van der Waals surface area contributed by atoms with Gasteiger partial charge in [0.2, 0.25) is 0 Å². The van der Waals surface area contributed by atoms with E-state index < -0.39 is 0 Å². The molecule has 0 atom stereocenters. The maximum Gasteiger partial charge on any atom is 0.193 e. The number of para-hydroxylation sites is 2. The number of anilines is 1. The van der Waals surface area contributed by atoms with Crippen LogP contribution in [0.1, 0.15) is 0 Å². The molecule has 5 nitrogen and oxygen atoms in total. The van der Waals surface area contributed by atoms with E-state index in [0.717, 1.165) is 37.9 Å². The zero-order chi connectivity index (χ0) is 13.7. The highest BCUT2D eigenvalue weighted by atomic mass is 127. The lowest BCUT2D eigenvalue weighted by atomic mass is 10.2. The topological polar surface area (TPSA) is 40.1 Å². The molecule has 0 unspecified atom stereocenters. The minimum Gasteiger partial charge on any atom is -0.495 e. The number of guanidine groups is 1. The number of ether oxygens (including phenoxy) is 1. The standard InChI is InChI=1S/C14H22N4O.HI/c1-15-14(16-2)18-10-8-17(9-11-18)12-6-4-5-7-13(12)19-3;/h4-7H,8-11H2,1-3H3,(H,15,16);1H. The van der Waals surface area contributed by atoms with E-state index in [1.54, 1.807) is 7.11 Å². The zero-order valence-electron chi connectivity index (χ0n) is 12.3. The van der Waals surface area contributed by atoms with Crippen molar-refractivity contribution in [3.05, 3.63) is 24.3 Å². The van der Waals surface area contributed by atoms with Gasteiger partial charge in [-0.05, 0) is 12.1 Å². The highest BCUT2D eigenvalue weighted by Gasteiger charge is 2.20. The molecule has 6 heteroatoms. The molecule has 1 saturated heterocycles. The summed E-state index contributed by atoms with van der Waals surface area (Å²) in [6.45, 7) is 3.87. The number of methoxy groups -OCH3 is 1. The molecule has 0 radical (unpaired) electrons. The summed E-state index contributed by atoms with van der Waals surface area (Å²) in [5.41, 5.74) is 1.17. The zero-order valence-corrected chi connectivity index (χ0v) is 14.6. The van der Waals surface area contributed by atoms with Crippen LogP contribution in [-0.2, 0) is 0 Å². The highest BCUT2D eigenvalue weighted by Crippen LogP contribution is 2.28. The number of nitrogens with zero attached hydrogens (tertiary/aromatic N) is 3. The van der Waals surface area contributed by atoms with Crippen molar-refractivity contribution in [3.63, 3.8) is 0 Å². The van der Waals surface area contributed by atoms with Gasteiger partial charge in [-0.15, -0.1) is 24.0 Å². The summed E-state index contributed by atoms with van der Waals surface area (Å²) in [4.78, 5) is 8.88. The number of aliphatic imine (C=N–C) groups is 1. The summed E-state index contributed by atoms with van der Waals surface area (Å²) < 4.78 is 5.42. The molecule has 0 saturated carbocycles. The third kappa shape index (κ3) is 3.68. The van der Waals surface area contributed by atoms with Gasteiger partial charge in [-0.1, -0.05) is 12.1 Å². The number of nitrogens with one attached hydrogen (secondary N) is 1. The molecule has 1 heterocycles. The number of piperazine rings is 1. The molecule has 0 amide bonds. The Hall–Kier alpha value is -1.18. The predicted octanol–water partition coefficient (Wildman–Crippen LogP) is 1.64. The normalized spacial score (nSPS) is 15.7. The molecule has 20 heavy (non-hydrogen) atoms. The fourth-order valence-corrected chi connectivity index (χ4v) is 2.46. The molecule has 1 fully saturated rings. The monoisotopic (exact) mass is 390 g/mol. The van der Waals surface area contributed by atoms with Gasteiger partial charge >= 0.3 is 0 Å². The van der Waals surface area contributed by atoms with E-state index in [2.05, 4.69) is 32.2 Å². The SMILES string of the molecule is CN=C(NC)N1CCN(c2ccccc2OC)CC1.I. The smallest absolute Gasteiger partial charge is 0.193 e. The molecule has 0 aliphatic carbocycles. The Morgan fingerprint density at radius 2 is 1.85 bits per heavy atom. The first-order valence-electron chi connectivity index (χ1n) is 6.57. The third-order valence-electron chi connectivity index (χ3n) is 3.44. The Bertz CT molecular complexity index is 445. The predicted molar refractivity (Wildman–Crippen MR) is 94.6 cm³/mol. The van der Waals surface area contributed by atoms with Gasteiger partial charge in [-0.2, -0.15) is 0 Å². The Kier molecular flexibility index (Phi) is 6.90. The molecular formula is C14H23IN4O. The van der Waals surface area contributed by atoms with Crippen LogP contribution in [0.5, 0.6) is 5.75 Å². The lowest BCUT2D eigenvalue weighted by Crippen LogP contribution is -2.52. The summed E-state index contributed by atoms with van der Waals surface area (Å²) >= 11 is 0. The van der Waals surface area contributed by atoms with Crippen LogP contribution < -0.4 is 15.0 Å². The quantitative estimate of drug-likeness (QED) is 0.474. The van der Waals surface area contributed by atoms with Crippen LogP contribution in [0.15, 0.2) is 29.3 Å². The van der Waals surface area contributed by atoms with E-state index in [-0.39, 0.29) is 24.0 Å². The molecule has 1 aromatic carbocycles. The van der Waals surface area contributed by atoms with E-state index in [1.165, 1.54) is 5.69 Å². The molecule has 0 aromatic heterocycles. The first-order chi connectivity index (χ1) is 9.30. The summed E-state index contributed by atoms with van der Waals surface area (Å²) in [6, 6.07) is 8.17. The van der Waals surface area contributed by atoms with Crippen LogP contribution in [-0.4, -0.2) is 58.2 Å². The Morgan fingerprint density at radius 1 is 1.20 bits per heavy atom. The van der Waals surface area contributed by atoms with Gasteiger partial charge in [-0.25, -0.2) is 0 Å². The van der Waals surface area contributed by atoms with Crippen molar-refractivity contribution in [2.45, 2.75) is 0 Å². The summed E-state index contributed by atoms with van der Waals surface area (Å²) in [5.74, 6) is 1.90. The second-order valence-electron chi connectivity index (χ2n) is 4.44. The Labute approximate surface area is 138 Å². The van der Waals surface area contributed by atoms with E-state index in [1.807, 2.05) is 26.2 Å². The van der Waals surface area contributed by atoms with Crippen molar-refractivity contribution in [2.24, 2.45) is 4.99 Å². The first kappa shape index (κ1) is 16.9. The van der Waals surface area contributed by atoms with Crippen molar-refractivity contribution in [2.75, 3.05) is 52.3 Å². The van der Waals surface area contributed by atoms with Gasteiger partial charge in [0, 0.05) is 40.3 Å². The van der Waals surface area contributed by atoms with E-state index in [0.29, 0.717) is 0 Å². The van der Waals surface area contributed by atoms with Crippen molar-refractivity contribution in [3.8, 4) is 5.75 Å². The van der Waals surface area contributed by atoms with Crippen molar-refractivity contribution < 1.29 is 4.74 Å². The lowest BCUT2D eigenvalue weighted by molar-refractivity contribution is 0.369. The number of hydrogen-bond acceptors (Lipinski definition) is 3. The highest BCUT2D eigenvalue weighted by molar-refractivity contribution is 14.0. The molecule has 2 rings (SSSR count). The maximum absolute atomic E-state index is 5.42. The van der Waals surface area contributed by atoms with Crippen LogP contribution >= 0.6 is 24.0 Å². The van der Waals surface area contributed by atoms with Gasteiger partial charge in [-0.3, -0.25) is 4.99 Å². The van der Waals surface area contributed by atoms with Gasteiger partial charge in [0.15, 0.2) is 5.96 Å².